The Bertz CT molecular complexity index is 443. The van der Waals surface area contributed by atoms with E-state index in [-0.39, 0.29) is 20.8 Å². The van der Waals surface area contributed by atoms with E-state index in [4.69, 9.17) is 19.4 Å². The SMILES string of the molecule is C1CCC([PH+](C2CCCCC2)C2CCCCC2)CC1.CC(C)(C)C=[C]=[Ru]([Cl])[Cl].[CH3-]. The Hall–Kier alpha value is 1.28. The number of rotatable bonds is 3. The van der Waals surface area contributed by atoms with Crippen molar-refractivity contribution in [1.82, 2.24) is 0 Å². The van der Waals surface area contributed by atoms with Gasteiger partial charge in [0.2, 0.25) is 0 Å². The quantitative estimate of drug-likeness (QED) is 0.186. The standard InChI is InChI=1S/C18H33P.C6H10.CH3.2ClH.Ru/c1-4-10-16(11-5-1)19(17-12-6-2-7-13-17)18-14-8-3-9-15-18;1-5-6(2,3)4;;;;/h16-18H,1-15H2;5H,2-4H3;1H3;2*1H;/q;;-1;;;+2/p-1. The molecule has 0 heterocycles. The molecule has 0 N–H and O–H groups in total. The Labute approximate surface area is 197 Å². The van der Waals surface area contributed by atoms with Gasteiger partial charge in [-0.25, -0.2) is 0 Å². The molecule has 0 unspecified atom stereocenters. The van der Waals surface area contributed by atoms with Gasteiger partial charge in [0.25, 0.3) is 0 Å². The molecule has 0 bridgehead atoms. The molecule has 0 spiro atoms. The van der Waals surface area contributed by atoms with Crippen LogP contribution in [0.1, 0.15) is 117 Å². The maximum atomic E-state index is 5.55. The second-order valence-corrected chi connectivity index (χ2v) is 19.1. The van der Waals surface area contributed by atoms with Crippen molar-refractivity contribution in [2.75, 3.05) is 0 Å². The Morgan fingerprint density at radius 1 is 0.690 bits per heavy atom. The zero-order valence-electron chi connectivity index (χ0n) is 19.5. The first-order chi connectivity index (χ1) is 13.4. The van der Waals surface area contributed by atoms with Crippen molar-refractivity contribution in [3.63, 3.8) is 0 Å². The molecule has 29 heavy (non-hydrogen) atoms. The van der Waals surface area contributed by atoms with Crippen molar-refractivity contribution in [3.8, 4) is 0 Å². The van der Waals surface area contributed by atoms with Crippen LogP contribution in [-0.2, 0) is 13.5 Å². The largest absolute Gasteiger partial charge is 0.358 e. The zero-order chi connectivity index (χ0) is 20.4. The van der Waals surface area contributed by atoms with Gasteiger partial charge in [0.1, 0.15) is 0 Å². The van der Waals surface area contributed by atoms with Crippen molar-refractivity contribution < 1.29 is 13.5 Å². The van der Waals surface area contributed by atoms with Gasteiger partial charge >= 0.3 is 69.4 Å². The van der Waals surface area contributed by atoms with E-state index in [0.29, 0.717) is 0 Å². The normalized spacial score (nSPS) is 22.8. The van der Waals surface area contributed by atoms with Gasteiger partial charge in [-0.2, -0.15) is 0 Å². The van der Waals surface area contributed by atoms with Gasteiger partial charge in [-0.1, -0.05) is 19.3 Å². The third-order valence-electron chi connectivity index (χ3n) is 6.79. The molecular formula is C25H47Cl2PRu. The summed E-state index contributed by atoms with van der Waals surface area (Å²) in [5, 5.41) is 0. The van der Waals surface area contributed by atoms with Crippen LogP contribution in [-0.4, -0.2) is 21.2 Å². The molecule has 0 aliphatic heterocycles. The third-order valence-corrected chi connectivity index (χ3v) is 12.9. The average Bonchev–Trinajstić information content (AvgIpc) is 2.69. The van der Waals surface area contributed by atoms with Crippen molar-refractivity contribution in [3.05, 3.63) is 13.5 Å². The predicted octanol–water partition coefficient (Wildman–Crippen LogP) is 9.56. The molecule has 0 nitrogen and oxygen atoms in total. The van der Waals surface area contributed by atoms with Gasteiger partial charge in [-0.15, -0.1) is 0 Å². The van der Waals surface area contributed by atoms with Crippen LogP contribution in [0.25, 0.3) is 0 Å². The van der Waals surface area contributed by atoms with Crippen LogP contribution in [0.3, 0.4) is 0 Å². The third kappa shape index (κ3) is 11.6. The summed E-state index contributed by atoms with van der Waals surface area (Å²) in [6.07, 6.45) is 25.7. The fourth-order valence-electron chi connectivity index (χ4n) is 5.50. The summed E-state index contributed by atoms with van der Waals surface area (Å²) in [5.74, 6) is 0. The van der Waals surface area contributed by atoms with E-state index in [1.54, 1.807) is 96.3 Å². The van der Waals surface area contributed by atoms with Gasteiger partial charge in [-0.3, -0.25) is 0 Å². The van der Waals surface area contributed by atoms with Crippen LogP contribution in [0.4, 0.5) is 0 Å². The molecule has 0 atom stereocenters. The first-order valence-corrected chi connectivity index (χ1v) is 18.9. The summed E-state index contributed by atoms with van der Waals surface area (Å²) in [6, 6.07) is 0. The molecule has 3 aliphatic carbocycles. The minimum Gasteiger partial charge on any atom is -0.358 e. The Balaban J connectivity index is 0.000000362. The zero-order valence-corrected chi connectivity index (χ0v) is 23.8. The van der Waals surface area contributed by atoms with E-state index in [1.807, 2.05) is 6.08 Å². The number of allylic oxidation sites excluding steroid dienone is 1. The first-order valence-electron chi connectivity index (χ1n) is 11.8. The van der Waals surface area contributed by atoms with Crippen molar-refractivity contribution in [2.45, 2.75) is 134 Å². The van der Waals surface area contributed by atoms with Crippen molar-refractivity contribution >= 4 is 31.6 Å². The summed E-state index contributed by atoms with van der Waals surface area (Å²) in [5.41, 5.74) is 3.84. The molecule has 3 aliphatic rings. The average molecular weight is 551 g/mol. The van der Waals surface area contributed by atoms with E-state index >= 15 is 0 Å². The van der Waals surface area contributed by atoms with E-state index in [1.165, 1.54) is 17.0 Å². The molecule has 0 aromatic carbocycles. The molecule has 0 radical (unpaired) electrons. The number of halogens is 2. The second kappa shape index (κ2) is 15.2. The number of hydrogen-bond donors (Lipinski definition) is 0. The summed E-state index contributed by atoms with van der Waals surface area (Å²) in [6.45, 7) is 6.27. The molecule has 3 saturated carbocycles. The molecule has 3 fully saturated rings. The Morgan fingerprint density at radius 3 is 1.21 bits per heavy atom. The van der Waals surface area contributed by atoms with Crippen LogP contribution < -0.4 is 0 Å². The fraction of sp³-hybridized carbons (Fsp3) is 0.880. The first kappa shape index (κ1) is 28.3. The van der Waals surface area contributed by atoms with E-state index in [2.05, 4.69) is 25.0 Å². The van der Waals surface area contributed by atoms with E-state index < -0.39 is 13.5 Å². The van der Waals surface area contributed by atoms with E-state index in [9.17, 15) is 0 Å². The van der Waals surface area contributed by atoms with Gasteiger partial charge in [-0.05, 0) is 77.0 Å². The fourth-order valence-corrected chi connectivity index (χ4v) is 12.1. The summed E-state index contributed by atoms with van der Waals surface area (Å²) < 4.78 is 2.93. The van der Waals surface area contributed by atoms with Crippen molar-refractivity contribution in [1.29, 1.82) is 0 Å². The van der Waals surface area contributed by atoms with Gasteiger partial charge in [0.15, 0.2) is 0 Å². The van der Waals surface area contributed by atoms with E-state index in [0.717, 1.165) is 0 Å². The molecule has 4 heteroatoms. The summed E-state index contributed by atoms with van der Waals surface area (Å²) in [7, 11) is 11.1. The molecular weight excluding hydrogens is 503 g/mol. The molecule has 174 valence electrons. The van der Waals surface area contributed by atoms with Gasteiger partial charge < -0.3 is 7.43 Å². The summed E-state index contributed by atoms with van der Waals surface area (Å²) >= 11 is -1.67. The second-order valence-electron chi connectivity index (χ2n) is 10.3. The molecule has 0 saturated heterocycles. The molecule has 0 amide bonds. The minimum atomic E-state index is -1.67. The monoisotopic (exact) mass is 550 g/mol. The van der Waals surface area contributed by atoms with Crippen LogP contribution in [0.2, 0.25) is 0 Å². The van der Waals surface area contributed by atoms with Crippen LogP contribution >= 0.6 is 27.3 Å². The van der Waals surface area contributed by atoms with Crippen LogP contribution in [0, 0.1) is 12.8 Å². The molecule has 3 rings (SSSR count). The van der Waals surface area contributed by atoms with Crippen molar-refractivity contribution in [2.24, 2.45) is 5.41 Å². The Kier molecular flexibility index (Phi) is 14.8. The van der Waals surface area contributed by atoms with Gasteiger partial charge in [0, 0.05) is 7.92 Å². The van der Waals surface area contributed by atoms with Gasteiger partial charge in [0.05, 0.1) is 17.0 Å². The Morgan fingerprint density at radius 2 is 1.00 bits per heavy atom. The molecule has 0 aromatic heterocycles. The molecule has 0 aromatic rings. The van der Waals surface area contributed by atoms with Crippen LogP contribution in [0.15, 0.2) is 6.08 Å². The topological polar surface area (TPSA) is 0 Å². The smallest absolute Gasteiger partial charge is 0.358 e. The number of hydrogen-bond acceptors (Lipinski definition) is 0. The van der Waals surface area contributed by atoms with Crippen LogP contribution in [0.5, 0.6) is 0 Å². The predicted molar refractivity (Wildman–Crippen MR) is 136 cm³/mol. The minimum absolute atomic E-state index is 0. The maximum Gasteiger partial charge on any atom is -0.358 e. The summed E-state index contributed by atoms with van der Waals surface area (Å²) in [4.78, 5) is 0. The maximum absolute atomic E-state index is 5.55.